The quantitative estimate of drug-likeness (QED) is 0.364. The number of carbonyl (C=O) groups excluding carboxylic acids is 4. The minimum absolute atomic E-state index is 0.0259. The van der Waals surface area contributed by atoms with Gasteiger partial charge >= 0.3 is 0 Å². The lowest BCUT2D eigenvalue weighted by molar-refractivity contribution is -0.124. The predicted octanol–water partition coefficient (Wildman–Crippen LogP) is 3.16. The fourth-order valence-electron chi connectivity index (χ4n) is 4.37. The number of nitrogens with one attached hydrogen (secondary N) is 4. The Labute approximate surface area is 241 Å². The zero-order valence-electron chi connectivity index (χ0n) is 22.7. The maximum Gasteiger partial charge on any atom is 0.271 e. The second-order valence-electron chi connectivity index (χ2n) is 10.1. The molecular weight excluding hydrogens is 548 g/mol. The molecule has 4 rings (SSSR count). The summed E-state index contributed by atoms with van der Waals surface area (Å²) >= 11 is 2.54. The molecule has 40 heavy (non-hydrogen) atoms. The molecule has 3 heterocycles. The number of rotatable bonds is 5. The number of fused-ring (bicyclic) bond motifs is 2. The van der Waals surface area contributed by atoms with Crippen molar-refractivity contribution < 1.29 is 19.2 Å². The first-order chi connectivity index (χ1) is 19.2. The van der Waals surface area contributed by atoms with Crippen LogP contribution in [0, 0.1) is 12.8 Å². The van der Waals surface area contributed by atoms with Crippen molar-refractivity contribution in [1.29, 1.82) is 0 Å². The molecule has 0 radical (unpaired) electrons. The van der Waals surface area contributed by atoms with Crippen molar-refractivity contribution >= 4 is 46.3 Å². The third-order valence-electron chi connectivity index (χ3n) is 6.58. The molecule has 0 spiro atoms. The van der Waals surface area contributed by atoms with E-state index in [0.29, 0.717) is 42.1 Å². The van der Waals surface area contributed by atoms with Crippen molar-refractivity contribution in [2.24, 2.45) is 5.92 Å². The predicted molar refractivity (Wildman–Crippen MR) is 154 cm³/mol. The summed E-state index contributed by atoms with van der Waals surface area (Å²) in [6, 6.07) is 7.49. The molecule has 2 bridgehead atoms. The lowest BCUT2D eigenvalue weighted by Gasteiger charge is -2.25. The molecule has 2 aromatic heterocycles. The lowest BCUT2D eigenvalue weighted by Crippen LogP contribution is -2.49. The normalized spacial score (nSPS) is 20.9. The van der Waals surface area contributed by atoms with Crippen molar-refractivity contribution in [2.45, 2.75) is 64.6 Å². The van der Waals surface area contributed by atoms with Crippen LogP contribution in [0.4, 0.5) is 0 Å². The van der Waals surface area contributed by atoms with E-state index in [-0.39, 0.29) is 29.3 Å². The van der Waals surface area contributed by atoms with Gasteiger partial charge in [-0.25, -0.2) is 9.97 Å². The number of benzene rings is 1. The van der Waals surface area contributed by atoms with Gasteiger partial charge in [-0.15, -0.1) is 22.7 Å². The van der Waals surface area contributed by atoms with Gasteiger partial charge < -0.3 is 21.3 Å². The highest BCUT2D eigenvalue weighted by molar-refractivity contribution is 7.13. The Balaban J connectivity index is 1.57. The minimum Gasteiger partial charge on any atom is -0.354 e. The van der Waals surface area contributed by atoms with Gasteiger partial charge in [-0.3, -0.25) is 19.2 Å². The van der Waals surface area contributed by atoms with Crippen LogP contribution in [0.25, 0.3) is 0 Å². The summed E-state index contributed by atoms with van der Waals surface area (Å²) in [6.07, 6.45) is 3.42. The molecular formula is C28H34N6O4S2. The largest absolute Gasteiger partial charge is 0.354 e. The number of amides is 4. The molecule has 12 heteroatoms. The minimum atomic E-state index is -0.784. The number of aryl methyl sites for hydroxylation is 1. The first kappa shape index (κ1) is 29.3. The molecule has 3 aromatic rings. The molecule has 3 atom stereocenters. The highest BCUT2D eigenvalue weighted by Gasteiger charge is 2.29. The standard InChI is InChI=1S/C28H34N6O4S2/c1-16(2)23-28-33-21(15-39-28)26(37)32-20(13-18-9-5-4-6-10-18)24(35)29-12-8-7-11-19(25(36)34-23)31-27(38)22-14-30-17(3)40-22/h4-6,9-10,14-16,19-20,23H,7-8,11-13H2,1-3H3,(H,29,35)(H,31,38)(H,32,37)(H,34,36)/t19-,20+,23+/m0/s1. The maximum atomic E-state index is 13.4. The monoisotopic (exact) mass is 582 g/mol. The summed E-state index contributed by atoms with van der Waals surface area (Å²) in [5, 5.41) is 14.6. The van der Waals surface area contributed by atoms with E-state index in [9.17, 15) is 19.2 Å². The maximum absolute atomic E-state index is 13.4. The Hall–Kier alpha value is -3.64. The molecule has 1 aromatic carbocycles. The van der Waals surface area contributed by atoms with Crippen LogP contribution in [0.3, 0.4) is 0 Å². The van der Waals surface area contributed by atoms with Gasteiger partial charge in [0.25, 0.3) is 11.8 Å². The highest BCUT2D eigenvalue weighted by Crippen LogP contribution is 2.26. The van der Waals surface area contributed by atoms with Gasteiger partial charge in [0.05, 0.1) is 17.2 Å². The SMILES string of the molecule is Cc1ncc(C(=O)N[C@H]2CCCCNC(=O)[C@@H](Cc3ccccc3)NC(=O)c3csc(n3)[C@@H](C(C)C)NC2=O)s1. The Morgan fingerprint density at radius 3 is 2.58 bits per heavy atom. The van der Waals surface area contributed by atoms with Crippen LogP contribution in [0.1, 0.15) is 74.9 Å². The molecule has 0 unspecified atom stereocenters. The smallest absolute Gasteiger partial charge is 0.271 e. The van der Waals surface area contributed by atoms with Crippen LogP contribution >= 0.6 is 22.7 Å². The van der Waals surface area contributed by atoms with Crippen LogP contribution in [-0.4, -0.2) is 52.2 Å². The van der Waals surface area contributed by atoms with Gasteiger partial charge in [0.1, 0.15) is 27.7 Å². The molecule has 0 aliphatic carbocycles. The Morgan fingerprint density at radius 2 is 1.88 bits per heavy atom. The number of thiazole rings is 2. The van der Waals surface area contributed by atoms with Gasteiger partial charge in [-0.1, -0.05) is 44.2 Å². The fraction of sp³-hybridized carbons (Fsp3) is 0.429. The van der Waals surface area contributed by atoms with E-state index < -0.39 is 24.0 Å². The van der Waals surface area contributed by atoms with Crippen LogP contribution in [0.15, 0.2) is 41.9 Å². The van der Waals surface area contributed by atoms with E-state index in [1.165, 1.54) is 28.9 Å². The first-order valence-corrected chi connectivity index (χ1v) is 15.0. The number of nitrogens with zero attached hydrogens (tertiary/aromatic N) is 2. The zero-order chi connectivity index (χ0) is 28.6. The summed E-state index contributed by atoms with van der Waals surface area (Å²) < 4.78 is 0. The first-order valence-electron chi connectivity index (χ1n) is 13.3. The van der Waals surface area contributed by atoms with E-state index in [1.54, 1.807) is 5.38 Å². The number of hydrogen-bond donors (Lipinski definition) is 4. The molecule has 4 amide bonds. The number of aromatic nitrogens is 2. The molecule has 0 saturated heterocycles. The molecule has 1 aliphatic heterocycles. The van der Waals surface area contributed by atoms with E-state index in [2.05, 4.69) is 31.2 Å². The van der Waals surface area contributed by atoms with Crippen molar-refractivity contribution in [3.8, 4) is 0 Å². The van der Waals surface area contributed by atoms with Crippen molar-refractivity contribution in [3.05, 3.63) is 68.1 Å². The number of hydrogen-bond acceptors (Lipinski definition) is 8. The second-order valence-corrected chi connectivity index (χ2v) is 12.2. The van der Waals surface area contributed by atoms with Gasteiger partial charge in [-0.05, 0) is 37.7 Å². The summed E-state index contributed by atoms with van der Waals surface area (Å²) in [5.74, 6) is -1.45. The zero-order valence-corrected chi connectivity index (χ0v) is 24.4. The molecule has 212 valence electrons. The van der Waals surface area contributed by atoms with Gasteiger partial charge in [0.15, 0.2) is 0 Å². The third kappa shape index (κ3) is 7.72. The third-order valence-corrected chi connectivity index (χ3v) is 8.41. The van der Waals surface area contributed by atoms with Gasteiger partial charge in [-0.2, -0.15) is 0 Å². The second kappa shape index (κ2) is 13.6. The lowest BCUT2D eigenvalue weighted by atomic mass is 10.0. The van der Waals surface area contributed by atoms with Crippen molar-refractivity contribution in [3.63, 3.8) is 0 Å². The topological polar surface area (TPSA) is 142 Å². The number of carbonyl (C=O) groups is 4. The highest BCUT2D eigenvalue weighted by atomic mass is 32.1. The van der Waals surface area contributed by atoms with E-state index in [0.717, 1.165) is 10.6 Å². The van der Waals surface area contributed by atoms with Crippen LogP contribution in [-0.2, 0) is 16.0 Å². The Morgan fingerprint density at radius 1 is 1.10 bits per heavy atom. The van der Waals surface area contributed by atoms with Crippen molar-refractivity contribution in [1.82, 2.24) is 31.2 Å². The fourth-order valence-corrected chi connectivity index (χ4v) is 6.07. The average Bonchev–Trinajstić information content (AvgIpc) is 3.59. The van der Waals surface area contributed by atoms with E-state index >= 15 is 0 Å². The summed E-state index contributed by atoms with van der Waals surface area (Å²) in [6.45, 7) is 6.09. The molecule has 0 fully saturated rings. The molecule has 10 nitrogen and oxygen atoms in total. The van der Waals surface area contributed by atoms with Crippen molar-refractivity contribution in [2.75, 3.05) is 6.54 Å². The molecule has 0 saturated carbocycles. The van der Waals surface area contributed by atoms with Crippen LogP contribution < -0.4 is 21.3 Å². The summed E-state index contributed by atoms with van der Waals surface area (Å²) in [5.41, 5.74) is 1.11. The summed E-state index contributed by atoms with van der Waals surface area (Å²) in [7, 11) is 0. The van der Waals surface area contributed by atoms with E-state index in [1.807, 2.05) is 51.1 Å². The molecule has 4 N–H and O–H groups in total. The average molecular weight is 583 g/mol. The van der Waals surface area contributed by atoms with Gasteiger partial charge in [0.2, 0.25) is 11.8 Å². The summed E-state index contributed by atoms with van der Waals surface area (Å²) in [4.78, 5) is 61.7. The van der Waals surface area contributed by atoms with Crippen LogP contribution in [0.2, 0.25) is 0 Å². The van der Waals surface area contributed by atoms with E-state index in [4.69, 9.17) is 0 Å². The Bertz CT molecular complexity index is 1340. The van der Waals surface area contributed by atoms with Crippen LogP contribution in [0.5, 0.6) is 0 Å². The van der Waals surface area contributed by atoms with Gasteiger partial charge in [0, 0.05) is 18.3 Å². The molecule has 1 aliphatic rings. The Kier molecular flexibility index (Phi) is 9.99.